The molecular weight excluding hydrogens is 310 g/mol. The Balaban J connectivity index is 1.79. The van der Waals surface area contributed by atoms with Gasteiger partial charge in [-0.05, 0) is 30.2 Å². The van der Waals surface area contributed by atoms with E-state index in [1.807, 2.05) is 12.1 Å². The molecule has 0 bridgehead atoms. The second-order valence-corrected chi connectivity index (χ2v) is 6.85. The molecule has 1 aromatic heterocycles. The normalized spacial score (nSPS) is 11.4. The molecule has 0 aliphatic carbocycles. The van der Waals surface area contributed by atoms with E-state index in [0.29, 0.717) is 0 Å². The van der Waals surface area contributed by atoms with Crippen molar-refractivity contribution in [2.24, 2.45) is 0 Å². The SMILES string of the molecule is Cc1ccc(-c2nc3ccccc3s2)c(C=Cc2ccccc2)c1. The van der Waals surface area contributed by atoms with Crippen molar-refractivity contribution in [3.8, 4) is 10.6 Å². The first kappa shape index (κ1) is 14.9. The van der Waals surface area contributed by atoms with Gasteiger partial charge in [0.25, 0.3) is 0 Å². The molecule has 116 valence electrons. The van der Waals surface area contributed by atoms with Crippen LogP contribution in [0.3, 0.4) is 0 Å². The topological polar surface area (TPSA) is 12.9 Å². The first-order valence-electron chi connectivity index (χ1n) is 7.99. The molecule has 0 saturated heterocycles. The number of nitrogens with zero attached hydrogens (tertiary/aromatic N) is 1. The van der Waals surface area contributed by atoms with Crippen LogP contribution in [-0.4, -0.2) is 4.98 Å². The van der Waals surface area contributed by atoms with Gasteiger partial charge in [0.05, 0.1) is 10.2 Å². The monoisotopic (exact) mass is 327 g/mol. The molecule has 0 aliphatic heterocycles. The predicted octanol–water partition coefficient (Wildman–Crippen LogP) is 6.44. The zero-order chi connectivity index (χ0) is 16.4. The molecule has 0 aliphatic rings. The fraction of sp³-hybridized carbons (Fsp3) is 0.0455. The third kappa shape index (κ3) is 3.01. The summed E-state index contributed by atoms with van der Waals surface area (Å²) in [6.07, 6.45) is 4.34. The summed E-state index contributed by atoms with van der Waals surface area (Å²) in [7, 11) is 0. The molecule has 4 aromatic rings. The molecule has 0 fully saturated rings. The lowest BCUT2D eigenvalue weighted by Gasteiger charge is -2.04. The van der Waals surface area contributed by atoms with Gasteiger partial charge < -0.3 is 0 Å². The van der Waals surface area contributed by atoms with Crippen LogP contribution in [0.4, 0.5) is 0 Å². The number of thiazole rings is 1. The van der Waals surface area contributed by atoms with E-state index in [1.165, 1.54) is 27.0 Å². The van der Waals surface area contributed by atoms with E-state index in [-0.39, 0.29) is 0 Å². The second-order valence-electron chi connectivity index (χ2n) is 5.82. The maximum atomic E-state index is 4.81. The minimum atomic E-state index is 1.07. The zero-order valence-electron chi connectivity index (χ0n) is 13.4. The highest BCUT2D eigenvalue weighted by molar-refractivity contribution is 7.21. The molecule has 1 heterocycles. The Labute approximate surface area is 145 Å². The molecule has 3 aromatic carbocycles. The van der Waals surface area contributed by atoms with E-state index in [4.69, 9.17) is 4.98 Å². The van der Waals surface area contributed by atoms with Crippen LogP contribution in [0.2, 0.25) is 0 Å². The molecule has 0 N–H and O–H groups in total. The van der Waals surface area contributed by atoms with Crippen molar-refractivity contribution >= 4 is 33.7 Å². The summed E-state index contributed by atoms with van der Waals surface area (Å²) >= 11 is 1.75. The Morgan fingerprint density at radius 1 is 0.833 bits per heavy atom. The molecule has 24 heavy (non-hydrogen) atoms. The quantitative estimate of drug-likeness (QED) is 0.394. The maximum absolute atomic E-state index is 4.81. The summed E-state index contributed by atoms with van der Waals surface area (Å²) in [5.41, 5.74) is 5.92. The number of hydrogen-bond donors (Lipinski definition) is 0. The highest BCUT2D eigenvalue weighted by Gasteiger charge is 2.09. The van der Waals surface area contributed by atoms with Gasteiger partial charge in [-0.2, -0.15) is 0 Å². The summed E-state index contributed by atoms with van der Waals surface area (Å²) in [6, 6.07) is 25.2. The second kappa shape index (κ2) is 6.42. The molecular formula is C22H17NS. The lowest BCUT2D eigenvalue weighted by atomic mass is 10.0. The molecule has 0 radical (unpaired) electrons. The van der Waals surface area contributed by atoms with Crippen LogP contribution in [-0.2, 0) is 0 Å². The number of rotatable bonds is 3. The minimum absolute atomic E-state index is 1.07. The van der Waals surface area contributed by atoms with Gasteiger partial charge >= 0.3 is 0 Å². The van der Waals surface area contributed by atoms with Crippen LogP contribution in [0.25, 0.3) is 32.9 Å². The summed E-state index contributed by atoms with van der Waals surface area (Å²) in [6.45, 7) is 2.13. The van der Waals surface area contributed by atoms with Gasteiger partial charge in [0.1, 0.15) is 5.01 Å². The number of aryl methyl sites for hydroxylation is 1. The van der Waals surface area contributed by atoms with Crippen molar-refractivity contribution in [2.45, 2.75) is 6.92 Å². The lowest BCUT2D eigenvalue weighted by molar-refractivity contribution is 1.42. The molecule has 0 unspecified atom stereocenters. The van der Waals surface area contributed by atoms with Crippen molar-refractivity contribution in [1.29, 1.82) is 0 Å². The molecule has 0 saturated carbocycles. The van der Waals surface area contributed by atoms with E-state index in [9.17, 15) is 0 Å². The number of benzene rings is 3. The Bertz CT molecular complexity index is 980. The van der Waals surface area contributed by atoms with Gasteiger partial charge in [-0.15, -0.1) is 11.3 Å². The third-order valence-corrected chi connectivity index (χ3v) is 5.06. The average Bonchev–Trinajstić information content (AvgIpc) is 3.05. The Morgan fingerprint density at radius 3 is 2.46 bits per heavy atom. The number of aromatic nitrogens is 1. The van der Waals surface area contributed by atoms with Crippen LogP contribution in [0.5, 0.6) is 0 Å². The van der Waals surface area contributed by atoms with Gasteiger partial charge in [0, 0.05) is 5.56 Å². The third-order valence-electron chi connectivity index (χ3n) is 3.99. The van der Waals surface area contributed by atoms with Crippen LogP contribution < -0.4 is 0 Å². The van der Waals surface area contributed by atoms with Crippen molar-refractivity contribution in [3.63, 3.8) is 0 Å². The van der Waals surface area contributed by atoms with Gasteiger partial charge in [0.15, 0.2) is 0 Å². The highest BCUT2D eigenvalue weighted by atomic mass is 32.1. The largest absolute Gasteiger partial charge is 0.236 e. The van der Waals surface area contributed by atoms with Gasteiger partial charge in [-0.25, -0.2) is 4.98 Å². The first-order chi connectivity index (χ1) is 11.8. The van der Waals surface area contributed by atoms with Gasteiger partial charge in [-0.1, -0.05) is 78.4 Å². The van der Waals surface area contributed by atoms with E-state index in [0.717, 1.165) is 10.5 Å². The van der Waals surface area contributed by atoms with Crippen LogP contribution in [0.15, 0.2) is 72.8 Å². The molecule has 0 amide bonds. The minimum Gasteiger partial charge on any atom is -0.236 e. The zero-order valence-corrected chi connectivity index (χ0v) is 14.3. The summed E-state index contributed by atoms with van der Waals surface area (Å²) < 4.78 is 1.23. The summed E-state index contributed by atoms with van der Waals surface area (Å²) in [5, 5.41) is 1.07. The Hall–Kier alpha value is -2.71. The van der Waals surface area contributed by atoms with Gasteiger partial charge in [-0.3, -0.25) is 0 Å². The van der Waals surface area contributed by atoms with E-state index >= 15 is 0 Å². The van der Waals surface area contributed by atoms with E-state index < -0.39 is 0 Å². The van der Waals surface area contributed by atoms with E-state index in [2.05, 4.69) is 79.7 Å². The lowest BCUT2D eigenvalue weighted by Crippen LogP contribution is -1.84. The number of para-hydroxylation sites is 1. The standard InChI is InChI=1S/C22H17NS/c1-16-11-14-19(22-23-20-9-5-6-10-21(20)24-22)18(15-16)13-12-17-7-3-2-4-8-17/h2-15H,1H3. The summed E-state index contributed by atoms with van der Waals surface area (Å²) in [4.78, 5) is 4.81. The van der Waals surface area contributed by atoms with Crippen molar-refractivity contribution in [2.75, 3.05) is 0 Å². The van der Waals surface area contributed by atoms with Crippen LogP contribution in [0, 0.1) is 6.92 Å². The van der Waals surface area contributed by atoms with Crippen molar-refractivity contribution in [3.05, 3.63) is 89.5 Å². The maximum Gasteiger partial charge on any atom is 0.125 e. The Kier molecular flexibility index (Phi) is 3.97. The smallest absolute Gasteiger partial charge is 0.125 e. The molecule has 0 spiro atoms. The fourth-order valence-electron chi connectivity index (χ4n) is 2.75. The van der Waals surface area contributed by atoms with Gasteiger partial charge in [0.2, 0.25) is 0 Å². The van der Waals surface area contributed by atoms with Crippen molar-refractivity contribution in [1.82, 2.24) is 4.98 Å². The highest BCUT2D eigenvalue weighted by Crippen LogP contribution is 2.33. The van der Waals surface area contributed by atoms with Crippen LogP contribution in [0.1, 0.15) is 16.7 Å². The fourth-order valence-corrected chi connectivity index (χ4v) is 3.77. The number of fused-ring (bicyclic) bond motifs is 1. The van der Waals surface area contributed by atoms with Crippen LogP contribution >= 0.6 is 11.3 Å². The summed E-state index contributed by atoms with van der Waals surface area (Å²) in [5.74, 6) is 0. The molecule has 4 rings (SSSR count). The van der Waals surface area contributed by atoms with E-state index in [1.54, 1.807) is 11.3 Å². The molecule has 0 atom stereocenters. The first-order valence-corrected chi connectivity index (χ1v) is 8.81. The van der Waals surface area contributed by atoms with Crippen molar-refractivity contribution < 1.29 is 0 Å². The molecule has 1 nitrogen and oxygen atoms in total. The Morgan fingerprint density at radius 2 is 1.62 bits per heavy atom. The predicted molar refractivity (Wildman–Crippen MR) is 105 cm³/mol. The molecule has 2 heteroatoms. The number of hydrogen-bond acceptors (Lipinski definition) is 2. The average molecular weight is 327 g/mol.